The number of aliphatic hydroxyl groups is 1. The fourth-order valence-electron chi connectivity index (χ4n) is 2.20. The highest BCUT2D eigenvalue weighted by molar-refractivity contribution is 6.00. The number of aryl methyl sites for hydroxylation is 1. The number of aliphatic hydroxyl groups excluding tert-OH is 1. The Hall–Kier alpha value is -2.40. The number of rotatable bonds is 3. The lowest BCUT2D eigenvalue weighted by molar-refractivity contribution is 0.0600. The van der Waals surface area contributed by atoms with Gasteiger partial charge >= 0.3 is 5.97 Å². The van der Waals surface area contributed by atoms with Crippen LogP contribution in [0.1, 0.15) is 21.6 Å². The number of esters is 1. The molecule has 5 heteroatoms. The summed E-state index contributed by atoms with van der Waals surface area (Å²) in [6.07, 6.45) is 0. The van der Waals surface area contributed by atoms with Crippen molar-refractivity contribution in [2.45, 2.75) is 13.5 Å². The molecule has 0 amide bonds. The third-order valence-electron chi connectivity index (χ3n) is 3.12. The van der Waals surface area contributed by atoms with Crippen molar-refractivity contribution in [3.63, 3.8) is 0 Å². The molecule has 1 heterocycles. The molecule has 0 aliphatic carbocycles. The molecule has 0 fully saturated rings. The molecule has 0 aliphatic rings. The predicted octanol–water partition coefficient (Wildman–Crippen LogP) is 1.92. The number of carbonyl (C=O) groups is 1. The molecule has 5 nitrogen and oxygen atoms in total. The number of benzene rings is 1. The first kappa shape index (κ1) is 14.0. The van der Waals surface area contributed by atoms with Crippen molar-refractivity contribution < 1.29 is 14.6 Å². The maximum absolute atomic E-state index is 12.0. The van der Waals surface area contributed by atoms with Gasteiger partial charge in [-0.2, -0.15) is 0 Å². The summed E-state index contributed by atoms with van der Waals surface area (Å²) in [5.41, 5.74) is 8.46. The van der Waals surface area contributed by atoms with Crippen LogP contribution in [-0.4, -0.2) is 23.2 Å². The van der Waals surface area contributed by atoms with Crippen LogP contribution in [0.3, 0.4) is 0 Å². The zero-order valence-electron chi connectivity index (χ0n) is 11.4. The van der Waals surface area contributed by atoms with Crippen LogP contribution in [0.4, 0.5) is 5.82 Å². The molecular formula is C15H16N2O3. The van der Waals surface area contributed by atoms with E-state index in [9.17, 15) is 9.90 Å². The standard InChI is InChI=1S/C15H16N2O3/c1-9-12(15(19)20-2)13(10-6-4-3-5-7-10)11(8-18)14(16)17-9/h3-7,18H,8H2,1-2H3,(H2,16,17). The minimum absolute atomic E-state index is 0.219. The number of carbonyl (C=O) groups excluding carboxylic acids is 1. The van der Waals surface area contributed by atoms with Gasteiger partial charge in [-0.25, -0.2) is 9.78 Å². The van der Waals surface area contributed by atoms with Gasteiger partial charge in [0, 0.05) is 11.1 Å². The van der Waals surface area contributed by atoms with Crippen molar-refractivity contribution in [3.05, 3.63) is 47.2 Å². The number of hydrogen-bond acceptors (Lipinski definition) is 5. The number of nitrogens with two attached hydrogens (primary N) is 1. The quantitative estimate of drug-likeness (QED) is 0.834. The lowest BCUT2D eigenvalue weighted by Gasteiger charge is -2.16. The van der Waals surface area contributed by atoms with E-state index in [1.165, 1.54) is 7.11 Å². The highest BCUT2D eigenvalue weighted by Gasteiger charge is 2.22. The monoisotopic (exact) mass is 272 g/mol. The highest BCUT2D eigenvalue weighted by Crippen LogP contribution is 2.32. The van der Waals surface area contributed by atoms with Gasteiger partial charge in [-0.05, 0) is 12.5 Å². The second-order valence-electron chi connectivity index (χ2n) is 4.33. The van der Waals surface area contributed by atoms with E-state index < -0.39 is 5.97 Å². The van der Waals surface area contributed by atoms with Gasteiger partial charge in [0.25, 0.3) is 0 Å². The maximum atomic E-state index is 12.0. The van der Waals surface area contributed by atoms with Gasteiger partial charge in [-0.15, -0.1) is 0 Å². The summed E-state index contributed by atoms with van der Waals surface area (Å²) in [7, 11) is 1.31. The molecule has 3 N–H and O–H groups in total. The van der Waals surface area contributed by atoms with E-state index in [0.29, 0.717) is 22.4 Å². The summed E-state index contributed by atoms with van der Waals surface area (Å²) in [4.78, 5) is 16.1. The van der Waals surface area contributed by atoms with Crippen LogP contribution in [0.5, 0.6) is 0 Å². The zero-order chi connectivity index (χ0) is 14.7. The number of nitrogen functional groups attached to an aromatic ring is 1. The Morgan fingerprint density at radius 1 is 1.35 bits per heavy atom. The molecule has 0 radical (unpaired) electrons. The van der Waals surface area contributed by atoms with Crippen molar-refractivity contribution in [1.82, 2.24) is 4.98 Å². The number of hydrogen-bond donors (Lipinski definition) is 2. The highest BCUT2D eigenvalue weighted by atomic mass is 16.5. The molecule has 0 atom stereocenters. The maximum Gasteiger partial charge on any atom is 0.340 e. The lowest BCUT2D eigenvalue weighted by atomic mass is 9.94. The fourth-order valence-corrected chi connectivity index (χ4v) is 2.20. The largest absolute Gasteiger partial charge is 0.465 e. The van der Waals surface area contributed by atoms with Crippen LogP contribution in [0.15, 0.2) is 30.3 Å². The summed E-state index contributed by atoms with van der Waals surface area (Å²) in [5, 5.41) is 9.56. The van der Waals surface area contributed by atoms with Crippen molar-refractivity contribution in [1.29, 1.82) is 0 Å². The Balaban J connectivity index is 2.83. The van der Waals surface area contributed by atoms with Gasteiger partial charge < -0.3 is 15.6 Å². The van der Waals surface area contributed by atoms with Crippen LogP contribution in [0, 0.1) is 6.92 Å². The Morgan fingerprint density at radius 3 is 2.55 bits per heavy atom. The first-order valence-electron chi connectivity index (χ1n) is 6.13. The van der Waals surface area contributed by atoms with Gasteiger partial charge in [0.2, 0.25) is 0 Å². The lowest BCUT2D eigenvalue weighted by Crippen LogP contribution is -2.13. The van der Waals surface area contributed by atoms with E-state index >= 15 is 0 Å². The molecule has 0 aliphatic heterocycles. The van der Waals surface area contributed by atoms with Crippen LogP contribution in [0.25, 0.3) is 11.1 Å². The molecule has 104 valence electrons. The van der Waals surface area contributed by atoms with E-state index in [2.05, 4.69) is 4.98 Å². The van der Waals surface area contributed by atoms with E-state index in [4.69, 9.17) is 10.5 Å². The van der Waals surface area contributed by atoms with Crippen molar-refractivity contribution in [3.8, 4) is 11.1 Å². The van der Waals surface area contributed by atoms with E-state index in [1.54, 1.807) is 6.92 Å². The Bertz CT molecular complexity index is 639. The normalized spacial score (nSPS) is 10.3. The van der Waals surface area contributed by atoms with Crippen LogP contribution in [-0.2, 0) is 11.3 Å². The first-order valence-corrected chi connectivity index (χ1v) is 6.13. The summed E-state index contributed by atoms with van der Waals surface area (Å²) in [6.45, 7) is 1.39. The van der Waals surface area contributed by atoms with Gasteiger partial charge in [0.1, 0.15) is 5.82 Å². The zero-order valence-corrected chi connectivity index (χ0v) is 11.4. The van der Waals surface area contributed by atoms with E-state index in [0.717, 1.165) is 5.56 Å². The molecule has 0 unspecified atom stereocenters. The molecule has 0 bridgehead atoms. The van der Waals surface area contributed by atoms with Gasteiger partial charge in [0.05, 0.1) is 25.0 Å². The van der Waals surface area contributed by atoms with Crippen LogP contribution < -0.4 is 5.73 Å². The molecule has 0 saturated heterocycles. The van der Waals surface area contributed by atoms with Crippen LogP contribution in [0.2, 0.25) is 0 Å². The molecular weight excluding hydrogens is 256 g/mol. The van der Waals surface area contributed by atoms with Gasteiger partial charge in [-0.3, -0.25) is 0 Å². The van der Waals surface area contributed by atoms with Gasteiger partial charge in [-0.1, -0.05) is 30.3 Å². The molecule has 0 saturated carbocycles. The van der Waals surface area contributed by atoms with E-state index in [1.807, 2.05) is 30.3 Å². The summed E-state index contributed by atoms with van der Waals surface area (Å²) in [6, 6.07) is 9.27. The minimum atomic E-state index is -0.497. The molecule has 2 rings (SSSR count). The van der Waals surface area contributed by atoms with Crippen molar-refractivity contribution >= 4 is 11.8 Å². The SMILES string of the molecule is COC(=O)c1c(C)nc(N)c(CO)c1-c1ccccc1. The van der Waals surface area contributed by atoms with Crippen molar-refractivity contribution in [2.24, 2.45) is 0 Å². The number of anilines is 1. The number of nitrogens with zero attached hydrogens (tertiary/aromatic N) is 1. The van der Waals surface area contributed by atoms with Crippen LogP contribution >= 0.6 is 0 Å². The number of methoxy groups -OCH3 is 1. The molecule has 2 aromatic rings. The van der Waals surface area contributed by atoms with Gasteiger partial charge in [0.15, 0.2) is 0 Å². The first-order chi connectivity index (χ1) is 9.60. The minimum Gasteiger partial charge on any atom is -0.465 e. The molecule has 1 aromatic carbocycles. The Labute approximate surface area is 117 Å². The summed E-state index contributed by atoms with van der Waals surface area (Å²) in [5.74, 6) is -0.278. The second kappa shape index (κ2) is 5.71. The average Bonchev–Trinajstić information content (AvgIpc) is 2.46. The summed E-state index contributed by atoms with van der Waals surface area (Å²) >= 11 is 0. The number of aromatic nitrogens is 1. The topological polar surface area (TPSA) is 85.4 Å². The Kier molecular flexibility index (Phi) is 4.00. The molecule has 0 spiro atoms. The number of pyridine rings is 1. The summed E-state index contributed by atoms with van der Waals surface area (Å²) < 4.78 is 4.82. The molecule has 20 heavy (non-hydrogen) atoms. The third-order valence-corrected chi connectivity index (χ3v) is 3.12. The third kappa shape index (κ3) is 2.35. The Morgan fingerprint density at radius 2 is 2.00 bits per heavy atom. The van der Waals surface area contributed by atoms with E-state index in [-0.39, 0.29) is 12.4 Å². The predicted molar refractivity (Wildman–Crippen MR) is 76.1 cm³/mol. The fraction of sp³-hybridized carbons (Fsp3) is 0.200. The average molecular weight is 272 g/mol. The number of ether oxygens (including phenoxy) is 1. The van der Waals surface area contributed by atoms with Crippen molar-refractivity contribution in [2.75, 3.05) is 12.8 Å². The molecule has 1 aromatic heterocycles. The second-order valence-corrected chi connectivity index (χ2v) is 4.33. The smallest absolute Gasteiger partial charge is 0.340 e.